The highest BCUT2D eigenvalue weighted by Crippen LogP contribution is 2.31. The summed E-state index contributed by atoms with van der Waals surface area (Å²) in [5.74, 6) is -0.168. The van der Waals surface area contributed by atoms with Crippen molar-refractivity contribution >= 4 is 37.4 Å². The number of benzene rings is 2. The molecule has 0 bridgehead atoms. The van der Waals surface area contributed by atoms with Gasteiger partial charge in [0.25, 0.3) is 0 Å². The third-order valence-corrected chi connectivity index (χ3v) is 7.26. The van der Waals surface area contributed by atoms with Crippen molar-refractivity contribution in [3.8, 4) is 0 Å². The lowest BCUT2D eigenvalue weighted by atomic mass is 10.2. The molecule has 3 aromatic rings. The molecule has 7 heteroatoms. The lowest BCUT2D eigenvalue weighted by Crippen LogP contribution is -2.29. The lowest BCUT2D eigenvalue weighted by molar-refractivity contribution is 0.101. The van der Waals surface area contributed by atoms with Crippen LogP contribution in [0.5, 0.6) is 0 Å². The number of aromatic nitrogens is 1. The van der Waals surface area contributed by atoms with Crippen molar-refractivity contribution < 1.29 is 13.2 Å². The average Bonchev–Trinajstić information content (AvgIpc) is 3.04. The molecule has 0 aliphatic carbocycles. The first-order chi connectivity index (χ1) is 11.8. The van der Waals surface area contributed by atoms with Crippen molar-refractivity contribution in [1.29, 1.82) is 0 Å². The summed E-state index contributed by atoms with van der Waals surface area (Å²) >= 11 is 1.48. The summed E-state index contributed by atoms with van der Waals surface area (Å²) < 4.78 is 28.2. The fourth-order valence-corrected chi connectivity index (χ4v) is 4.98. The quantitative estimate of drug-likeness (QED) is 0.636. The van der Waals surface area contributed by atoms with Gasteiger partial charge in [0.1, 0.15) is 5.01 Å². The van der Waals surface area contributed by atoms with Crippen molar-refractivity contribution in [3.63, 3.8) is 0 Å². The van der Waals surface area contributed by atoms with E-state index in [1.54, 1.807) is 12.1 Å². The minimum absolute atomic E-state index is 0.107. The predicted octanol–water partition coefficient (Wildman–Crippen LogP) is 3.88. The number of hydrogen-bond acceptors (Lipinski definition) is 5. The number of thiazole rings is 1. The van der Waals surface area contributed by atoms with E-state index in [4.69, 9.17) is 0 Å². The van der Waals surface area contributed by atoms with Crippen molar-refractivity contribution in [2.75, 3.05) is 7.05 Å². The number of para-hydroxylation sites is 1. The summed E-state index contributed by atoms with van der Waals surface area (Å²) in [5.41, 5.74) is 1.24. The van der Waals surface area contributed by atoms with Gasteiger partial charge in [-0.2, -0.15) is 4.31 Å². The van der Waals surface area contributed by atoms with E-state index >= 15 is 0 Å². The van der Waals surface area contributed by atoms with Gasteiger partial charge in [-0.3, -0.25) is 4.79 Å². The first kappa shape index (κ1) is 17.7. The van der Waals surface area contributed by atoms with Crippen LogP contribution >= 0.6 is 11.3 Å². The fraction of sp³-hybridized carbons (Fsp3) is 0.222. The van der Waals surface area contributed by atoms with Gasteiger partial charge in [0.2, 0.25) is 10.0 Å². The molecule has 0 N–H and O–H groups in total. The Balaban J connectivity index is 1.96. The number of nitrogens with zero attached hydrogens (tertiary/aromatic N) is 2. The third-order valence-electron chi connectivity index (χ3n) is 4.13. The van der Waals surface area contributed by atoms with Crippen LogP contribution in [0.4, 0.5) is 0 Å². The Hall–Kier alpha value is -2.09. The summed E-state index contributed by atoms with van der Waals surface area (Å²) in [7, 11) is -2.20. The zero-order valence-corrected chi connectivity index (χ0v) is 15.8. The molecule has 0 saturated carbocycles. The molecule has 0 fully saturated rings. The lowest BCUT2D eigenvalue weighted by Gasteiger charge is -2.22. The number of fused-ring (bicyclic) bond motifs is 1. The first-order valence-electron chi connectivity index (χ1n) is 7.75. The van der Waals surface area contributed by atoms with Gasteiger partial charge in [-0.15, -0.1) is 11.3 Å². The molecule has 0 aliphatic heterocycles. The molecule has 130 valence electrons. The minimum Gasteiger partial charge on any atom is -0.295 e. The van der Waals surface area contributed by atoms with Crippen LogP contribution in [0.2, 0.25) is 0 Å². The molecular formula is C18H18N2O3S2. The van der Waals surface area contributed by atoms with Crippen LogP contribution in [0, 0.1) is 0 Å². The van der Waals surface area contributed by atoms with Gasteiger partial charge in [-0.05, 0) is 38.1 Å². The van der Waals surface area contributed by atoms with Gasteiger partial charge in [-0.25, -0.2) is 13.4 Å². The smallest absolute Gasteiger partial charge is 0.243 e. The van der Waals surface area contributed by atoms with Crippen molar-refractivity contribution in [1.82, 2.24) is 9.29 Å². The van der Waals surface area contributed by atoms with Gasteiger partial charge in [0, 0.05) is 12.6 Å². The number of rotatable bonds is 5. The van der Waals surface area contributed by atoms with E-state index in [0.717, 1.165) is 15.2 Å². The van der Waals surface area contributed by atoms with Crippen LogP contribution in [-0.4, -0.2) is 30.5 Å². The Morgan fingerprint density at radius 3 is 2.56 bits per heavy atom. The van der Waals surface area contributed by atoms with E-state index in [-0.39, 0.29) is 10.7 Å². The molecule has 0 amide bonds. The van der Waals surface area contributed by atoms with Crippen molar-refractivity contribution in [3.05, 3.63) is 59.1 Å². The third kappa shape index (κ3) is 3.35. The van der Waals surface area contributed by atoms with Gasteiger partial charge >= 0.3 is 0 Å². The molecule has 25 heavy (non-hydrogen) atoms. The highest BCUT2D eigenvalue weighted by atomic mass is 32.2. The monoisotopic (exact) mass is 374 g/mol. The fourth-order valence-electron chi connectivity index (χ4n) is 2.47. The molecule has 0 spiro atoms. The van der Waals surface area contributed by atoms with Crippen molar-refractivity contribution in [2.24, 2.45) is 0 Å². The SMILES string of the molecule is CC(=O)c1cccc(S(=O)(=O)N(C)C(C)c2nc3ccccc3s2)c1. The number of carbonyl (C=O) groups excluding carboxylic acids is 1. The molecule has 0 radical (unpaired) electrons. The van der Waals surface area contributed by atoms with E-state index < -0.39 is 16.1 Å². The highest BCUT2D eigenvalue weighted by Gasteiger charge is 2.28. The molecule has 0 aliphatic rings. The van der Waals surface area contributed by atoms with E-state index in [9.17, 15) is 13.2 Å². The van der Waals surface area contributed by atoms with Crippen LogP contribution in [0.15, 0.2) is 53.4 Å². The zero-order valence-electron chi connectivity index (χ0n) is 14.1. The maximum absolute atomic E-state index is 12.9. The molecular weight excluding hydrogens is 356 g/mol. The summed E-state index contributed by atoms with van der Waals surface area (Å²) in [6.07, 6.45) is 0. The number of hydrogen-bond donors (Lipinski definition) is 0. The Morgan fingerprint density at radius 2 is 1.88 bits per heavy atom. The zero-order chi connectivity index (χ0) is 18.2. The highest BCUT2D eigenvalue weighted by molar-refractivity contribution is 7.89. The van der Waals surface area contributed by atoms with Gasteiger partial charge in [-0.1, -0.05) is 24.3 Å². The number of ketones is 1. The Kier molecular flexibility index (Phi) is 4.73. The van der Waals surface area contributed by atoms with Crippen LogP contribution in [0.1, 0.15) is 35.3 Å². The van der Waals surface area contributed by atoms with Gasteiger partial charge in [0.05, 0.1) is 21.2 Å². The molecule has 2 aromatic carbocycles. The normalized spacial score (nSPS) is 13.3. The molecule has 1 heterocycles. The summed E-state index contributed by atoms with van der Waals surface area (Å²) in [6, 6.07) is 13.4. The van der Waals surface area contributed by atoms with Crippen LogP contribution in [0.25, 0.3) is 10.2 Å². The van der Waals surface area contributed by atoms with Crippen LogP contribution in [-0.2, 0) is 10.0 Å². The second-order valence-corrected chi connectivity index (χ2v) is 8.86. The second-order valence-electron chi connectivity index (χ2n) is 5.80. The number of Topliss-reactive ketones (excluding diaryl/α,β-unsaturated/α-hetero) is 1. The Bertz CT molecular complexity index is 1010. The summed E-state index contributed by atoms with van der Waals surface area (Å²) in [5, 5.41) is 0.731. The molecule has 1 unspecified atom stereocenters. The standard InChI is InChI=1S/C18H18N2O3S2/c1-12(18-19-16-9-4-5-10-17(16)24-18)20(3)25(22,23)15-8-6-7-14(11-15)13(2)21/h4-12H,1-3H3. The molecule has 0 saturated heterocycles. The van der Waals surface area contributed by atoms with Crippen LogP contribution < -0.4 is 0 Å². The maximum atomic E-state index is 12.9. The Morgan fingerprint density at radius 1 is 1.16 bits per heavy atom. The number of carbonyl (C=O) groups is 1. The predicted molar refractivity (Wildman–Crippen MR) is 99.4 cm³/mol. The largest absolute Gasteiger partial charge is 0.295 e. The van der Waals surface area contributed by atoms with E-state index in [1.165, 1.54) is 41.7 Å². The summed E-state index contributed by atoms with van der Waals surface area (Å²) in [4.78, 5) is 16.2. The maximum Gasteiger partial charge on any atom is 0.243 e. The van der Waals surface area contributed by atoms with E-state index in [0.29, 0.717) is 5.56 Å². The molecule has 3 rings (SSSR count). The minimum atomic E-state index is -3.73. The topological polar surface area (TPSA) is 67.3 Å². The Labute approximate surface area is 151 Å². The molecule has 5 nitrogen and oxygen atoms in total. The van der Waals surface area contributed by atoms with Gasteiger partial charge < -0.3 is 0 Å². The van der Waals surface area contributed by atoms with E-state index in [2.05, 4.69) is 4.98 Å². The van der Waals surface area contributed by atoms with Crippen molar-refractivity contribution in [2.45, 2.75) is 24.8 Å². The second kappa shape index (κ2) is 6.67. The van der Waals surface area contributed by atoms with Gasteiger partial charge in [0.15, 0.2) is 5.78 Å². The molecule has 1 atom stereocenters. The average molecular weight is 374 g/mol. The molecule has 1 aromatic heterocycles. The number of sulfonamides is 1. The first-order valence-corrected chi connectivity index (χ1v) is 10.0. The van der Waals surface area contributed by atoms with E-state index in [1.807, 2.05) is 31.2 Å². The summed E-state index contributed by atoms with van der Waals surface area (Å²) in [6.45, 7) is 3.23. The van der Waals surface area contributed by atoms with Crippen LogP contribution in [0.3, 0.4) is 0 Å².